The van der Waals surface area contributed by atoms with Crippen LogP contribution in [0.1, 0.15) is 18.1 Å². The fourth-order valence-corrected chi connectivity index (χ4v) is 4.51. The summed E-state index contributed by atoms with van der Waals surface area (Å²) >= 11 is 0. The molecule has 1 unspecified atom stereocenters. The van der Waals surface area contributed by atoms with E-state index in [1.54, 1.807) is 0 Å². The Morgan fingerprint density at radius 2 is 1.62 bits per heavy atom. The molecule has 2 aromatic carbocycles. The first kappa shape index (κ1) is 16.5. The lowest BCUT2D eigenvalue weighted by Crippen LogP contribution is -2.22. The van der Waals surface area contributed by atoms with Crippen molar-refractivity contribution >= 4 is 22.0 Å². The maximum absolute atomic E-state index is 12.3. The van der Waals surface area contributed by atoms with Gasteiger partial charge < -0.3 is 9.04 Å². The summed E-state index contributed by atoms with van der Waals surface area (Å²) in [4.78, 5) is 12.3. The first-order valence-corrected chi connectivity index (χ1v) is 9.47. The highest BCUT2D eigenvalue weighted by molar-refractivity contribution is 8.12. The number of carbonyl (C=O) groups is 1. The SMILES string of the molecule is CCOC(=O)C1=CC=S(Cc2ccccc2)N1Cc1ccccc1. The zero-order chi connectivity index (χ0) is 16.8. The average molecular weight is 339 g/mol. The van der Waals surface area contributed by atoms with Crippen LogP contribution in [0.2, 0.25) is 0 Å². The molecule has 1 heterocycles. The zero-order valence-corrected chi connectivity index (χ0v) is 14.5. The minimum atomic E-state index is -0.243. The van der Waals surface area contributed by atoms with Gasteiger partial charge in [0.25, 0.3) is 0 Å². The van der Waals surface area contributed by atoms with Gasteiger partial charge in [0.15, 0.2) is 0 Å². The molecule has 0 aromatic heterocycles. The van der Waals surface area contributed by atoms with E-state index in [2.05, 4.69) is 46.1 Å². The lowest BCUT2D eigenvalue weighted by molar-refractivity contribution is -0.139. The molecule has 0 aliphatic carbocycles. The molecule has 24 heavy (non-hydrogen) atoms. The summed E-state index contributed by atoms with van der Waals surface area (Å²) < 4.78 is 7.39. The smallest absolute Gasteiger partial charge is 0.355 e. The van der Waals surface area contributed by atoms with Gasteiger partial charge in [0, 0.05) is 5.75 Å². The van der Waals surface area contributed by atoms with Crippen molar-refractivity contribution in [2.75, 3.05) is 6.61 Å². The lowest BCUT2D eigenvalue weighted by Gasteiger charge is -2.26. The molecular weight excluding hydrogens is 318 g/mol. The number of nitrogens with zero attached hydrogens (tertiary/aromatic N) is 1. The van der Waals surface area contributed by atoms with E-state index >= 15 is 0 Å². The lowest BCUT2D eigenvalue weighted by atomic mass is 10.2. The van der Waals surface area contributed by atoms with Gasteiger partial charge in [-0.1, -0.05) is 71.3 Å². The number of benzene rings is 2. The molecule has 2 aromatic rings. The third kappa shape index (κ3) is 3.95. The Balaban J connectivity index is 1.81. The Labute approximate surface area is 145 Å². The molecular formula is C20H21NO2S. The van der Waals surface area contributed by atoms with Crippen LogP contribution in [-0.4, -0.2) is 22.2 Å². The van der Waals surface area contributed by atoms with E-state index in [1.165, 1.54) is 11.1 Å². The molecule has 3 rings (SSSR count). The summed E-state index contributed by atoms with van der Waals surface area (Å²) in [5.74, 6) is 0.653. The van der Waals surface area contributed by atoms with Crippen molar-refractivity contribution < 1.29 is 9.53 Å². The third-order valence-corrected chi connectivity index (χ3v) is 5.72. The summed E-state index contributed by atoms with van der Waals surface area (Å²) in [6, 6.07) is 20.6. The van der Waals surface area contributed by atoms with Crippen LogP contribution < -0.4 is 0 Å². The van der Waals surface area contributed by atoms with Gasteiger partial charge in [0.05, 0.1) is 13.2 Å². The molecule has 1 aliphatic heterocycles. The van der Waals surface area contributed by atoms with Crippen molar-refractivity contribution in [2.24, 2.45) is 0 Å². The predicted molar refractivity (Wildman–Crippen MR) is 101 cm³/mol. The van der Waals surface area contributed by atoms with E-state index < -0.39 is 0 Å². The normalized spacial score (nSPS) is 16.5. The largest absolute Gasteiger partial charge is 0.461 e. The monoisotopic (exact) mass is 339 g/mol. The second kappa shape index (κ2) is 7.97. The van der Waals surface area contributed by atoms with Crippen LogP contribution in [0.5, 0.6) is 0 Å². The number of hydrogen-bond acceptors (Lipinski definition) is 3. The van der Waals surface area contributed by atoms with E-state index in [0.29, 0.717) is 18.8 Å². The number of rotatable bonds is 6. The van der Waals surface area contributed by atoms with Gasteiger partial charge >= 0.3 is 5.97 Å². The summed E-state index contributed by atoms with van der Waals surface area (Å²) in [7, 11) is -0.156. The number of allylic oxidation sites excluding steroid dienone is 1. The number of hydrogen-bond donors (Lipinski definition) is 0. The van der Waals surface area contributed by atoms with Crippen molar-refractivity contribution in [2.45, 2.75) is 19.2 Å². The van der Waals surface area contributed by atoms with Crippen molar-refractivity contribution in [1.82, 2.24) is 4.31 Å². The van der Waals surface area contributed by atoms with Crippen molar-refractivity contribution in [3.63, 3.8) is 0 Å². The molecule has 0 spiro atoms. The Kier molecular flexibility index (Phi) is 5.49. The topological polar surface area (TPSA) is 29.5 Å². The molecule has 1 atom stereocenters. The van der Waals surface area contributed by atoms with Gasteiger partial charge in [0.1, 0.15) is 5.70 Å². The van der Waals surface area contributed by atoms with E-state index in [-0.39, 0.29) is 16.6 Å². The number of carbonyl (C=O) groups excluding carboxylic acids is 1. The molecule has 0 N–H and O–H groups in total. The van der Waals surface area contributed by atoms with Crippen LogP contribution in [0.3, 0.4) is 0 Å². The van der Waals surface area contributed by atoms with Crippen LogP contribution >= 0.6 is 10.7 Å². The minimum Gasteiger partial charge on any atom is -0.461 e. The molecule has 4 heteroatoms. The Morgan fingerprint density at radius 1 is 1.00 bits per heavy atom. The Bertz CT molecular complexity index is 754. The summed E-state index contributed by atoms with van der Waals surface area (Å²) in [6.07, 6.45) is 1.91. The van der Waals surface area contributed by atoms with Crippen LogP contribution in [-0.2, 0) is 21.8 Å². The van der Waals surface area contributed by atoms with Gasteiger partial charge in [-0.3, -0.25) is 0 Å². The number of esters is 1. The first-order chi connectivity index (χ1) is 11.8. The molecule has 0 saturated carbocycles. The van der Waals surface area contributed by atoms with Crippen LogP contribution in [0.25, 0.3) is 0 Å². The van der Waals surface area contributed by atoms with E-state index in [1.807, 2.05) is 37.3 Å². The van der Waals surface area contributed by atoms with Crippen molar-refractivity contribution in [3.05, 3.63) is 83.6 Å². The van der Waals surface area contributed by atoms with Crippen LogP contribution in [0.4, 0.5) is 0 Å². The average Bonchev–Trinajstić information content (AvgIpc) is 2.99. The highest BCUT2D eigenvalue weighted by atomic mass is 32.2. The third-order valence-electron chi connectivity index (χ3n) is 3.75. The van der Waals surface area contributed by atoms with E-state index in [0.717, 1.165) is 5.75 Å². The fourth-order valence-electron chi connectivity index (χ4n) is 2.59. The second-order valence-corrected chi connectivity index (χ2v) is 7.27. The van der Waals surface area contributed by atoms with Gasteiger partial charge in [-0.2, -0.15) is 0 Å². The van der Waals surface area contributed by atoms with E-state index in [9.17, 15) is 4.79 Å². The highest BCUT2D eigenvalue weighted by Gasteiger charge is 2.25. The molecule has 0 amide bonds. The van der Waals surface area contributed by atoms with Gasteiger partial charge in [-0.05, 0) is 29.5 Å². The summed E-state index contributed by atoms with van der Waals surface area (Å²) in [5.41, 5.74) is 3.11. The minimum absolute atomic E-state index is 0.156. The van der Waals surface area contributed by atoms with Gasteiger partial charge in [0.2, 0.25) is 0 Å². The maximum atomic E-state index is 12.3. The molecule has 0 fully saturated rings. The first-order valence-electron chi connectivity index (χ1n) is 8.05. The Hall–Kier alpha value is -2.33. The molecule has 0 radical (unpaired) electrons. The zero-order valence-electron chi connectivity index (χ0n) is 13.7. The van der Waals surface area contributed by atoms with Gasteiger partial charge in [-0.15, -0.1) is 0 Å². The Morgan fingerprint density at radius 3 is 2.25 bits per heavy atom. The molecule has 3 nitrogen and oxygen atoms in total. The summed E-state index contributed by atoms with van der Waals surface area (Å²) in [6.45, 7) is 2.93. The summed E-state index contributed by atoms with van der Waals surface area (Å²) in [5, 5.41) is 2.13. The van der Waals surface area contributed by atoms with Gasteiger partial charge in [-0.25, -0.2) is 4.79 Å². The second-order valence-electron chi connectivity index (χ2n) is 5.46. The van der Waals surface area contributed by atoms with E-state index in [4.69, 9.17) is 4.74 Å². The molecule has 124 valence electrons. The van der Waals surface area contributed by atoms with Crippen LogP contribution in [0, 0.1) is 0 Å². The fraction of sp³-hybridized carbons (Fsp3) is 0.200. The molecule has 0 bridgehead atoms. The molecule has 0 saturated heterocycles. The van der Waals surface area contributed by atoms with Crippen molar-refractivity contribution in [3.8, 4) is 0 Å². The predicted octanol–water partition coefficient (Wildman–Crippen LogP) is 4.14. The van der Waals surface area contributed by atoms with Crippen molar-refractivity contribution in [1.29, 1.82) is 0 Å². The highest BCUT2D eigenvalue weighted by Crippen LogP contribution is 2.35. The quantitative estimate of drug-likeness (QED) is 0.585. The number of ether oxygens (including phenoxy) is 1. The standard InChI is InChI=1S/C20H21NO2S/c1-2-23-20(22)19-13-14-24(16-18-11-7-4-8-12-18)21(19)15-17-9-5-3-6-10-17/h3-14H,2,15-16H2,1H3. The molecule has 1 aliphatic rings. The van der Waals surface area contributed by atoms with Crippen LogP contribution in [0.15, 0.2) is 72.4 Å². The maximum Gasteiger partial charge on any atom is 0.355 e.